The smallest absolute Gasteiger partial charge is 0.341 e. The highest BCUT2D eigenvalue weighted by Gasteiger charge is 2.29. The maximum Gasteiger partial charge on any atom is 0.341 e. The molecule has 0 aliphatic heterocycles. The number of hydrogen-bond acceptors (Lipinski definition) is 7. The first-order valence-electron chi connectivity index (χ1n) is 9.29. The van der Waals surface area contributed by atoms with Gasteiger partial charge in [0.2, 0.25) is 0 Å². The summed E-state index contributed by atoms with van der Waals surface area (Å²) in [4.78, 5) is 41.8. The van der Waals surface area contributed by atoms with Gasteiger partial charge in [-0.1, -0.05) is 18.5 Å². The van der Waals surface area contributed by atoms with Crippen molar-refractivity contribution >= 4 is 45.8 Å². The van der Waals surface area contributed by atoms with E-state index < -0.39 is 24.5 Å². The number of thiophene rings is 1. The van der Waals surface area contributed by atoms with Gasteiger partial charge in [0.05, 0.1) is 17.7 Å². The highest BCUT2D eigenvalue weighted by atomic mass is 35.5. The Morgan fingerprint density at radius 3 is 2.83 bits per heavy atom. The molecule has 0 saturated heterocycles. The summed E-state index contributed by atoms with van der Waals surface area (Å²) in [5.74, 6) is -1.22. The molecule has 0 saturated carbocycles. The summed E-state index contributed by atoms with van der Waals surface area (Å²) in [6.45, 7) is 3.63. The third-order valence-corrected chi connectivity index (χ3v) is 6.03. The minimum atomic E-state index is -0.747. The molecule has 0 unspecified atom stereocenters. The number of pyridine rings is 1. The predicted octanol–water partition coefficient (Wildman–Crippen LogP) is 3.89. The quantitative estimate of drug-likeness (QED) is 0.545. The molecule has 29 heavy (non-hydrogen) atoms. The van der Waals surface area contributed by atoms with Crippen LogP contribution >= 0.6 is 22.9 Å². The second kappa shape index (κ2) is 9.37. The molecule has 0 aromatic carbocycles. The van der Waals surface area contributed by atoms with Crippen LogP contribution in [0.1, 0.15) is 51.4 Å². The molecule has 1 aliphatic carbocycles. The van der Waals surface area contributed by atoms with Crippen LogP contribution in [0.5, 0.6) is 0 Å². The lowest BCUT2D eigenvalue weighted by molar-refractivity contribution is -0.119. The van der Waals surface area contributed by atoms with E-state index in [1.54, 1.807) is 13.0 Å². The van der Waals surface area contributed by atoms with E-state index in [4.69, 9.17) is 21.1 Å². The largest absolute Gasteiger partial charge is 0.462 e. The van der Waals surface area contributed by atoms with Crippen LogP contribution in [0.3, 0.4) is 0 Å². The first-order valence-corrected chi connectivity index (χ1v) is 10.5. The van der Waals surface area contributed by atoms with Crippen molar-refractivity contribution in [2.45, 2.75) is 33.1 Å². The van der Waals surface area contributed by atoms with E-state index in [1.165, 1.54) is 23.6 Å². The molecule has 0 spiro atoms. The first kappa shape index (κ1) is 21.3. The van der Waals surface area contributed by atoms with Crippen LogP contribution in [0.25, 0.3) is 0 Å². The molecule has 1 N–H and O–H groups in total. The Labute approximate surface area is 177 Å². The lowest BCUT2D eigenvalue weighted by atomic mass is 9.88. The van der Waals surface area contributed by atoms with E-state index in [-0.39, 0.29) is 17.3 Å². The minimum Gasteiger partial charge on any atom is -0.462 e. The van der Waals surface area contributed by atoms with Crippen molar-refractivity contribution in [3.05, 3.63) is 45.1 Å². The zero-order valence-electron chi connectivity index (χ0n) is 16.1. The number of esters is 2. The Kier molecular flexibility index (Phi) is 6.87. The zero-order valence-corrected chi connectivity index (χ0v) is 17.7. The number of ether oxygens (including phenoxy) is 2. The number of anilines is 1. The molecule has 2 heterocycles. The third kappa shape index (κ3) is 4.94. The van der Waals surface area contributed by atoms with Gasteiger partial charge in [0.1, 0.15) is 10.2 Å². The van der Waals surface area contributed by atoms with E-state index in [0.717, 1.165) is 29.7 Å². The summed E-state index contributed by atoms with van der Waals surface area (Å²) in [6.07, 6.45) is 4.05. The second-order valence-electron chi connectivity index (χ2n) is 6.74. The highest BCUT2D eigenvalue weighted by molar-refractivity contribution is 7.17. The van der Waals surface area contributed by atoms with Gasteiger partial charge >= 0.3 is 11.9 Å². The topological polar surface area (TPSA) is 94.6 Å². The van der Waals surface area contributed by atoms with Crippen LogP contribution in [-0.2, 0) is 27.1 Å². The normalized spacial score (nSPS) is 15.3. The Morgan fingerprint density at radius 1 is 1.31 bits per heavy atom. The molecule has 1 amide bonds. The summed E-state index contributed by atoms with van der Waals surface area (Å²) in [6, 6.07) is 3.01. The van der Waals surface area contributed by atoms with Gasteiger partial charge in [0.15, 0.2) is 6.61 Å². The third-order valence-electron chi connectivity index (χ3n) is 4.56. The number of amides is 1. The average Bonchev–Trinajstić information content (AvgIpc) is 3.03. The van der Waals surface area contributed by atoms with Gasteiger partial charge in [-0.05, 0) is 49.8 Å². The molecule has 7 nitrogen and oxygen atoms in total. The molecule has 0 fully saturated rings. The zero-order chi connectivity index (χ0) is 21.0. The average molecular weight is 437 g/mol. The van der Waals surface area contributed by atoms with Gasteiger partial charge in [0.25, 0.3) is 5.91 Å². The van der Waals surface area contributed by atoms with Crippen LogP contribution in [0, 0.1) is 5.92 Å². The number of carbonyl (C=O) groups is 3. The summed E-state index contributed by atoms with van der Waals surface area (Å²) in [5, 5.41) is 3.13. The standard InChI is InChI=1S/C20H21ClN2O5S/c1-3-27-20(26)16-12-7-6-11(2)9-14(12)29-18(16)23-15(24)10-28-19(25)13-5-4-8-22-17(13)21/h4-5,8,11H,3,6-7,9-10H2,1-2H3,(H,23,24)/t11-/m0/s1. The number of nitrogens with one attached hydrogen (secondary N) is 1. The van der Waals surface area contributed by atoms with Crippen molar-refractivity contribution in [3.8, 4) is 0 Å². The number of nitrogens with zero attached hydrogens (tertiary/aromatic N) is 1. The highest BCUT2D eigenvalue weighted by Crippen LogP contribution is 2.40. The van der Waals surface area contributed by atoms with Crippen LogP contribution in [0.2, 0.25) is 5.15 Å². The van der Waals surface area contributed by atoms with Gasteiger partial charge < -0.3 is 14.8 Å². The lowest BCUT2D eigenvalue weighted by Gasteiger charge is -2.18. The maximum absolute atomic E-state index is 12.5. The van der Waals surface area contributed by atoms with Crippen molar-refractivity contribution in [3.63, 3.8) is 0 Å². The number of halogens is 1. The molecule has 1 aliphatic rings. The van der Waals surface area contributed by atoms with Crippen molar-refractivity contribution < 1.29 is 23.9 Å². The Hall–Kier alpha value is -2.45. The molecular weight excluding hydrogens is 416 g/mol. The predicted molar refractivity (Wildman–Crippen MR) is 110 cm³/mol. The van der Waals surface area contributed by atoms with Gasteiger partial charge in [-0.15, -0.1) is 11.3 Å². The summed E-state index contributed by atoms with van der Waals surface area (Å²) in [7, 11) is 0. The van der Waals surface area contributed by atoms with Gasteiger partial charge in [-0.2, -0.15) is 0 Å². The second-order valence-corrected chi connectivity index (χ2v) is 8.21. The molecule has 0 bridgehead atoms. The molecule has 154 valence electrons. The van der Waals surface area contributed by atoms with Crippen LogP contribution in [0.4, 0.5) is 5.00 Å². The first-order chi connectivity index (χ1) is 13.9. The number of hydrogen-bond donors (Lipinski definition) is 1. The number of carbonyl (C=O) groups excluding carboxylic acids is 3. The SMILES string of the molecule is CCOC(=O)c1c(NC(=O)COC(=O)c2cccnc2Cl)sc2c1CC[C@H](C)C2. The maximum atomic E-state index is 12.5. The molecule has 0 radical (unpaired) electrons. The number of fused-ring (bicyclic) bond motifs is 1. The molecule has 2 aromatic rings. The van der Waals surface area contributed by atoms with E-state index in [2.05, 4.69) is 17.2 Å². The molecule has 1 atom stereocenters. The van der Waals surface area contributed by atoms with Crippen LogP contribution in [-0.4, -0.2) is 36.0 Å². The number of rotatable bonds is 6. The Bertz CT molecular complexity index is 943. The fourth-order valence-corrected chi connectivity index (χ4v) is 4.78. The Morgan fingerprint density at radius 2 is 2.10 bits per heavy atom. The van der Waals surface area contributed by atoms with Gasteiger partial charge in [-0.25, -0.2) is 14.6 Å². The van der Waals surface area contributed by atoms with E-state index in [9.17, 15) is 14.4 Å². The minimum absolute atomic E-state index is 0.00237. The van der Waals surface area contributed by atoms with E-state index in [1.807, 2.05) is 0 Å². The fourth-order valence-electron chi connectivity index (χ4n) is 3.17. The number of aromatic nitrogens is 1. The monoisotopic (exact) mass is 436 g/mol. The van der Waals surface area contributed by atoms with Gasteiger partial charge in [-0.3, -0.25) is 4.79 Å². The summed E-state index contributed by atoms with van der Waals surface area (Å²) < 4.78 is 10.2. The van der Waals surface area contributed by atoms with Crippen molar-refractivity contribution in [2.75, 3.05) is 18.5 Å². The van der Waals surface area contributed by atoms with Gasteiger partial charge in [0, 0.05) is 11.1 Å². The van der Waals surface area contributed by atoms with Crippen molar-refractivity contribution in [1.29, 1.82) is 0 Å². The van der Waals surface area contributed by atoms with E-state index in [0.29, 0.717) is 16.5 Å². The fraction of sp³-hybridized carbons (Fsp3) is 0.400. The van der Waals surface area contributed by atoms with Crippen LogP contribution in [0.15, 0.2) is 18.3 Å². The van der Waals surface area contributed by atoms with Crippen molar-refractivity contribution in [1.82, 2.24) is 4.98 Å². The van der Waals surface area contributed by atoms with Crippen molar-refractivity contribution in [2.24, 2.45) is 5.92 Å². The molecule has 9 heteroatoms. The lowest BCUT2D eigenvalue weighted by Crippen LogP contribution is -2.22. The molecule has 3 rings (SSSR count). The summed E-state index contributed by atoms with van der Waals surface area (Å²) >= 11 is 7.23. The summed E-state index contributed by atoms with van der Waals surface area (Å²) in [5.41, 5.74) is 1.43. The Balaban J connectivity index is 1.72. The van der Waals surface area contributed by atoms with E-state index >= 15 is 0 Å². The molecule has 2 aromatic heterocycles. The van der Waals surface area contributed by atoms with Crippen LogP contribution < -0.4 is 5.32 Å². The molecular formula is C20H21ClN2O5S.